The molecule has 3 aromatic heterocycles. The van der Waals surface area contributed by atoms with E-state index in [1.54, 1.807) is 24.4 Å². The molecule has 0 saturated heterocycles. The van der Waals surface area contributed by atoms with E-state index in [-0.39, 0.29) is 17.0 Å². The van der Waals surface area contributed by atoms with E-state index < -0.39 is 5.91 Å². The van der Waals surface area contributed by atoms with Crippen molar-refractivity contribution in [1.29, 1.82) is 5.26 Å². The summed E-state index contributed by atoms with van der Waals surface area (Å²) in [7, 11) is 1.43. The average molecular weight is 360 g/mol. The molecule has 2 N–H and O–H groups in total. The zero-order valence-electron chi connectivity index (χ0n) is 14.1. The van der Waals surface area contributed by atoms with Gasteiger partial charge in [-0.25, -0.2) is 9.97 Å². The minimum absolute atomic E-state index is 0.133. The number of carbonyl (C=O) groups excluding carboxylic acids is 1. The third-order valence-electron chi connectivity index (χ3n) is 3.93. The number of nitriles is 1. The predicted octanol–water partition coefficient (Wildman–Crippen LogP) is 2.75. The van der Waals surface area contributed by atoms with Gasteiger partial charge in [-0.05, 0) is 18.2 Å². The molecule has 0 radical (unpaired) electrons. The van der Waals surface area contributed by atoms with E-state index in [2.05, 4.69) is 25.5 Å². The molecule has 9 nitrogen and oxygen atoms in total. The van der Waals surface area contributed by atoms with Crippen LogP contribution < -0.4 is 10.1 Å². The number of hydrogen-bond acceptors (Lipinski definition) is 7. The number of carbonyl (C=O) groups is 1. The van der Waals surface area contributed by atoms with E-state index in [4.69, 9.17) is 14.4 Å². The van der Waals surface area contributed by atoms with Gasteiger partial charge in [0.2, 0.25) is 0 Å². The summed E-state index contributed by atoms with van der Waals surface area (Å²) in [6, 6.07) is 8.69. The Hall–Kier alpha value is -4.19. The van der Waals surface area contributed by atoms with Gasteiger partial charge in [0, 0.05) is 23.3 Å². The van der Waals surface area contributed by atoms with Gasteiger partial charge in [0.1, 0.15) is 28.8 Å². The first-order chi connectivity index (χ1) is 13.2. The highest BCUT2D eigenvalue weighted by atomic mass is 16.5. The highest BCUT2D eigenvalue weighted by molar-refractivity contribution is 6.05. The molecular formula is C18H12N6O3. The third kappa shape index (κ3) is 2.96. The standard InChI is InChI=1S/C18H12N6O3/c1-26-15-5-14(21-7-10(15)6-19)18(25)22-11-2-3-13-12(4-11)17(24-23-13)16-8-20-9-27-16/h2-5,7-9H,1H3,(H,22,25)(H,23,24). The number of oxazole rings is 1. The molecule has 0 fully saturated rings. The van der Waals surface area contributed by atoms with Gasteiger partial charge in [0.25, 0.3) is 5.91 Å². The van der Waals surface area contributed by atoms with Gasteiger partial charge in [0.05, 0.1) is 18.8 Å². The number of rotatable bonds is 4. The van der Waals surface area contributed by atoms with E-state index in [1.807, 2.05) is 6.07 Å². The molecule has 1 amide bonds. The van der Waals surface area contributed by atoms with Crippen molar-refractivity contribution in [2.24, 2.45) is 0 Å². The molecule has 0 aliphatic carbocycles. The van der Waals surface area contributed by atoms with Crippen LogP contribution in [-0.2, 0) is 0 Å². The van der Waals surface area contributed by atoms with E-state index >= 15 is 0 Å². The van der Waals surface area contributed by atoms with Crippen LogP contribution in [0.4, 0.5) is 5.69 Å². The zero-order chi connectivity index (χ0) is 18.8. The molecule has 0 unspecified atom stereocenters. The summed E-state index contributed by atoms with van der Waals surface area (Å²) in [6.45, 7) is 0. The Kier molecular flexibility index (Phi) is 3.99. The summed E-state index contributed by atoms with van der Waals surface area (Å²) in [6.07, 6.45) is 4.19. The molecular weight excluding hydrogens is 348 g/mol. The van der Waals surface area contributed by atoms with Crippen LogP contribution >= 0.6 is 0 Å². The number of hydrogen-bond donors (Lipinski definition) is 2. The fourth-order valence-corrected chi connectivity index (χ4v) is 2.62. The zero-order valence-corrected chi connectivity index (χ0v) is 14.1. The van der Waals surface area contributed by atoms with Crippen LogP contribution in [0.5, 0.6) is 5.75 Å². The second-order valence-electron chi connectivity index (χ2n) is 5.53. The van der Waals surface area contributed by atoms with Gasteiger partial charge in [-0.1, -0.05) is 0 Å². The van der Waals surface area contributed by atoms with E-state index in [1.165, 1.54) is 25.8 Å². The van der Waals surface area contributed by atoms with Gasteiger partial charge < -0.3 is 14.5 Å². The van der Waals surface area contributed by atoms with Crippen molar-refractivity contribution in [1.82, 2.24) is 20.2 Å². The summed E-state index contributed by atoms with van der Waals surface area (Å²) in [4.78, 5) is 20.4. The molecule has 0 bridgehead atoms. The number of methoxy groups -OCH3 is 1. The summed E-state index contributed by atoms with van der Waals surface area (Å²) in [5.74, 6) is 0.376. The van der Waals surface area contributed by atoms with Gasteiger partial charge in [-0.15, -0.1) is 0 Å². The summed E-state index contributed by atoms with van der Waals surface area (Å²) >= 11 is 0. The van der Waals surface area contributed by atoms with Crippen LogP contribution in [-0.4, -0.2) is 33.2 Å². The molecule has 0 atom stereocenters. The predicted molar refractivity (Wildman–Crippen MR) is 95.0 cm³/mol. The lowest BCUT2D eigenvalue weighted by Gasteiger charge is -2.07. The minimum atomic E-state index is -0.429. The number of anilines is 1. The maximum atomic E-state index is 12.5. The fourth-order valence-electron chi connectivity index (χ4n) is 2.62. The largest absolute Gasteiger partial charge is 0.495 e. The SMILES string of the molecule is COc1cc(C(=O)Nc2ccc3[nH]nc(-c4cnco4)c3c2)ncc1C#N. The molecule has 27 heavy (non-hydrogen) atoms. The van der Waals surface area contributed by atoms with Gasteiger partial charge in [-0.2, -0.15) is 10.4 Å². The van der Waals surface area contributed by atoms with Crippen molar-refractivity contribution >= 4 is 22.5 Å². The molecule has 1 aromatic carbocycles. The monoisotopic (exact) mass is 360 g/mol. The highest BCUT2D eigenvalue weighted by Crippen LogP contribution is 2.28. The number of fused-ring (bicyclic) bond motifs is 1. The lowest BCUT2D eigenvalue weighted by molar-refractivity contribution is 0.102. The molecule has 0 aliphatic heterocycles. The van der Waals surface area contributed by atoms with Crippen molar-refractivity contribution < 1.29 is 13.9 Å². The lowest BCUT2D eigenvalue weighted by atomic mass is 10.1. The minimum Gasteiger partial charge on any atom is -0.495 e. The Labute approximate surface area is 152 Å². The van der Waals surface area contributed by atoms with Crippen molar-refractivity contribution in [2.45, 2.75) is 0 Å². The molecule has 0 aliphatic rings. The maximum absolute atomic E-state index is 12.5. The second kappa shape index (κ2) is 6.61. The van der Waals surface area contributed by atoms with E-state index in [0.29, 0.717) is 17.1 Å². The number of aromatic nitrogens is 4. The van der Waals surface area contributed by atoms with Gasteiger partial charge >= 0.3 is 0 Å². The Morgan fingerprint density at radius 2 is 2.22 bits per heavy atom. The lowest BCUT2D eigenvalue weighted by Crippen LogP contribution is -2.14. The van der Waals surface area contributed by atoms with Crippen molar-refractivity contribution in [2.75, 3.05) is 12.4 Å². The number of amides is 1. The highest BCUT2D eigenvalue weighted by Gasteiger charge is 2.15. The van der Waals surface area contributed by atoms with Crippen molar-refractivity contribution in [3.8, 4) is 23.3 Å². The first kappa shape index (κ1) is 16.3. The average Bonchev–Trinajstić information content (AvgIpc) is 3.36. The topological polar surface area (TPSA) is 130 Å². The normalized spacial score (nSPS) is 10.5. The number of H-pyrrole nitrogens is 1. The number of pyridine rings is 1. The van der Waals surface area contributed by atoms with Crippen molar-refractivity contribution in [3.63, 3.8) is 0 Å². The first-order valence-electron chi connectivity index (χ1n) is 7.82. The Bertz CT molecular complexity index is 1170. The molecule has 3 heterocycles. The first-order valence-corrected chi connectivity index (χ1v) is 7.82. The maximum Gasteiger partial charge on any atom is 0.274 e. The fraction of sp³-hybridized carbons (Fsp3) is 0.0556. The molecule has 4 aromatic rings. The van der Waals surface area contributed by atoms with Gasteiger partial charge in [-0.3, -0.25) is 9.89 Å². The molecule has 0 spiro atoms. The molecule has 0 saturated carbocycles. The van der Waals surface area contributed by atoms with Crippen LogP contribution in [0.15, 0.2) is 47.5 Å². The summed E-state index contributed by atoms with van der Waals surface area (Å²) in [5, 5.41) is 19.7. The van der Waals surface area contributed by atoms with Crippen LogP contribution in [0, 0.1) is 11.3 Å². The number of aromatic amines is 1. The van der Waals surface area contributed by atoms with E-state index in [0.717, 1.165) is 10.9 Å². The van der Waals surface area contributed by atoms with E-state index in [9.17, 15) is 4.79 Å². The second-order valence-corrected chi connectivity index (χ2v) is 5.53. The quantitative estimate of drug-likeness (QED) is 0.572. The Morgan fingerprint density at radius 3 is 2.96 bits per heavy atom. The Balaban J connectivity index is 1.64. The van der Waals surface area contributed by atoms with Crippen LogP contribution in [0.3, 0.4) is 0 Å². The number of nitrogens with zero attached hydrogens (tertiary/aromatic N) is 4. The van der Waals surface area contributed by atoms with Crippen LogP contribution in [0.2, 0.25) is 0 Å². The molecule has 4 rings (SSSR count). The summed E-state index contributed by atoms with van der Waals surface area (Å²) in [5.41, 5.74) is 2.33. The summed E-state index contributed by atoms with van der Waals surface area (Å²) < 4.78 is 10.4. The van der Waals surface area contributed by atoms with Crippen LogP contribution in [0.25, 0.3) is 22.4 Å². The smallest absolute Gasteiger partial charge is 0.274 e. The Morgan fingerprint density at radius 1 is 1.33 bits per heavy atom. The number of nitrogens with one attached hydrogen (secondary N) is 2. The van der Waals surface area contributed by atoms with Gasteiger partial charge in [0.15, 0.2) is 12.2 Å². The van der Waals surface area contributed by atoms with Crippen LogP contribution in [0.1, 0.15) is 16.1 Å². The van der Waals surface area contributed by atoms with Crippen molar-refractivity contribution in [3.05, 3.63) is 54.3 Å². The number of ether oxygens (including phenoxy) is 1. The number of benzene rings is 1. The molecule has 132 valence electrons. The molecule has 9 heteroatoms. The third-order valence-corrected chi connectivity index (χ3v) is 3.93.